The second-order valence-corrected chi connectivity index (χ2v) is 6.10. The van der Waals surface area contributed by atoms with Crippen molar-refractivity contribution in [2.24, 2.45) is 0 Å². The van der Waals surface area contributed by atoms with Crippen LogP contribution in [0, 0.1) is 0 Å². The van der Waals surface area contributed by atoms with Gasteiger partial charge in [-0.2, -0.15) is 0 Å². The third kappa shape index (κ3) is 51.7. The summed E-state index contributed by atoms with van der Waals surface area (Å²) < 4.78 is 0. The van der Waals surface area contributed by atoms with Crippen LogP contribution in [0.5, 0.6) is 0 Å². The number of aliphatic hydroxyl groups is 12. The molecule has 6 atom stereocenters. The molecule has 0 aromatic carbocycles. The van der Waals surface area contributed by atoms with Gasteiger partial charge >= 0.3 is 21.1 Å². The SMILES string of the molecule is O=C([O-])C(O)CO.O=C([O-])C(O)CO.O=C([O-])C(O)CO.O=C([O-])C(O)CO.O=C([O-])C(O)CO.O=C([O-])C(O)CO.[Mo+4].[OH4+2]. The maximum atomic E-state index is 9.41. The predicted octanol–water partition coefficient (Wildman–Crippen LogP) is -18.7. The van der Waals surface area contributed by atoms with E-state index in [0.717, 1.165) is 0 Å². The van der Waals surface area contributed by atoms with Gasteiger partial charge in [-0.1, -0.05) is 0 Å². The van der Waals surface area contributed by atoms with Gasteiger partial charge in [0.1, 0.15) is 36.6 Å². The summed E-state index contributed by atoms with van der Waals surface area (Å²) in [6.45, 7) is -4.74. The Balaban J connectivity index is -0.0000000584. The van der Waals surface area contributed by atoms with Crippen LogP contribution in [-0.2, 0) is 55.3 Å². The summed E-state index contributed by atoms with van der Waals surface area (Å²) >= 11 is 0. The van der Waals surface area contributed by atoms with Crippen molar-refractivity contribution < 1.29 is 147 Å². The van der Waals surface area contributed by atoms with Crippen LogP contribution in [0.15, 0.2) is 0 Å². The maximum Gasteiger partial charge on any atom is 4.00 e. The molecule has 0 spiro atoms. The molecule has 25 nitrogen and oxygen atoms in total. The quantitative estimate of drug-likeness (QED) is 0.0825. The van der Waals surface area contributed by atoms with Crippen molar-refractivity contribution >= 4 is 35.8 Å². The van der Waals surface area contributed by atoms with Crippen LogP contribution in [-0.4, -0.2) is 173 Å². The number of carbonyl (C=O) groups is 6. The van der Waals surface area contributed by atoms with Crippen molar-refractivity contribution in [1.29, 1.82) is 0 Å². The number of carbonyl (C=O) groups excluding carboxylic acids is 6. The summed E-state index contributed by atoms with van der Waals surface area (Å²) in [5.74, 6) is -9.90. The zero-order chi connectivity index (χ0) is 35.2. The standard InChI is InChI=1S/6C3H6O4.Mo.H4O/c6*4-1-2(5)3(6)7;;/h6*2,4-5H,1H2,(H,6,7);;1H4/q;;;;;;+4;+2/p-6. The molecule has 26 heteroatoms. The van der Waals surface area contributed by atoms with Crippen molar-refractivity contribution in [3.8, 4) is 0 Å². The van der Waals surface area contributed by atoms with Crippen LogP contribution in [0.4, 0.5) is 0 Å². The fourth-order valence-electron chi connectivity index (χ4n) is 0.447. The molecule has 0 bridgehead atoms. The molecule has 0 fully saturated rings. The molecule has 0 heterocycles. The van der Waals surface area contributed by atoms with Gasteiger partial charge in [0, 0.05) is 0 Å². The number of carboxylic acid groups (broad SMARTS) is 6. The molecule has 0 aliphatic rings. The Labute approximate surface area is 259 Å². The molecule has 0 radical (unpaired) electrons. The van der Waals surface area contributed by atoms with Gasteiger partial charge in [0.15, 0.2) is 0 Å². The zero-order valence-corrected chi connectivity index (χ0v) is 24.1. The summed E-state index contributed by atoms with van der Waals surface area (Å²) in [5.41, 5.74) is 0. The average molecular weight is 746 g/mol. The van der Waals surface area contributed by atoms with Gasteiger partial charge in [0.25, 0.3) is 0 Å². The van der Waals surface area contributed by atoms with Crippen molar-refractivity contribution in [2.75, 3.05) is 39.6 Å². The molecule has 262 valence electrons. The third-order valence-corrected chi connectivity index (χ3v) is 2.67. The van der Waals surface area contributed by atoms with Crippen molar-refractivity contribution in [3.63, 3.8) is 0 Å². The smallest absolute Gasteiger partial charge is 0.873 e. The molecule has 0 aliphatic heterocycles. The molecule has 16 N–H and O–H groups in total. The van der Waals surface area contributed by atoms with Gasteiger partial charge in [-0.25, -0.2) is 0 Å². The Kier molecular flexibility index (Phi) is 54.7. The summed E-state index contributed by atoms with van der Waals surface area (Å²) in [7, 11) is 0. The molecule has 0 saturated heterocycles. The molecule has 6 unspecified atom stereocenters. The van der Waals surface area contributed by atoms with Crippen molar-refractivity contribution in [3.05, 3.63) is 0 Å². The van der Waals surface area contributed by atoms with Crippen LogP contribution in [0.3, 0.4) is 0 Å². The molecule has 0 saturated carbocycles. The first-order chi connectivity index (χ1) is 19.1. The summed E-state index contributed by atoms with van der Waals surface area (Å²) in [6.07, 6.45) is -10.4. The van der Waals surface area contributed by atoms with Crippen LogP contribution in [0.2, 0.25) is 0 Å². The molecular formula is C18H34MoO25. The molecule has 0 aromatic heterocycles. The van der Waals surface area contributed by atoms with Gasteiger partial charge in [-0.3, -0.25) is 0 Å². The second kappa shape index (κ2) is 40.0. The number of aliphatic hydroxyl groups excluding tert-OH is 12. The number of aliphatic carboxylic acids is 6. The normalized spacial score (nSPS) is 12.8. The second-order valence-electron chi connectivity index (χ2n) is 6.10. The van der Waals surface area contributed by atoms with Crippen LogP contribution < -0.4 is 30.6 Å². The molecule has 0 aromatic rings. The van der Waals surface area contributed by atoms with E-state index in [0.29, 0.717) is 0 Å². The molecule has 0 rings (SSSR count). The Morgan fingerprint density at radius 2 is 0.409 bits per heavy atom. The van der Waals surface area contributed by atoms with Crippen LogP contribution in [0.25, 0.3) is 0 Å². The molecule has 0 amide bonds. The van der Waals surface area contributed by atoms with E-state index in [2.05, 4.69) is 0 Å². The fraction of sp³-hybridized carbons (Fsp3) is 0.667. The van der Waals surface area contributed by atoms with E-state index in [4.69, 9.17) is 61.3 Å². The summed E-state index contributed by atoms with van der Waals surface area (Å²) in [5, 5.41) is 152. The summed E-state index contributed by atoms with van der Waals surface area (Å²) in [4.78, 5) is 56.5. The number of hydrogen-bond acceptors (Lipinski definition) is 24. The first-order valence-corrected chi connectivity index (χ1v) is 10.1. The summed E-state index contributed by atoms with van der Waals surface area (Å²) in [6, 6.07) is 0. The van der Waals surface area contributed by atoms with Gasteiger partial charge in [0.05, 0.1) is 75.5 Å². The zero-order valence-electron chi connectivity index (χ0n) is 22.1. The Morgan fingerprint density at radius 3 is 0.409 bits per heavy atom. The van der Waals surface area contributed by atoms with E-state index >= 15 is 0 Å². The van der Waals surface area contributed by atoms with E-state index in [9.17, 15) is 59.4 Å². The van der Waals surface area contributed by atoms with Crippen molar-refractivity contribution in [1.82, 2.24) is 0 Å². The Bertz CT molecular complexity index is 579. The van der Waals surface area contributed by atoms with Gasteiger partial charge in [-0.15, -0.1) is 0 Å². The third-order valence-electron chi connectivity index (χ3n) is 2.67. The van der Waals surface area contributed by atoms with E-state index < -0.39 is 112 Å². The van der Waals surface area contributed by atoms with Gasteiger partial charge in [0.2, 0.25) is 0 Å². The monoisotopic (exact) mass is 748 g/mol. The Hall–Kier alpha value is -3.01. The van der Waals surface area contributed by atoms with E-state index in [1.54, 1.807) is 0 Å². The average Bonchev–Trinajstić information content (AvgIpc) is 2.95. The fourth-order valence-corrected chi connectivity index (χ4v) is 0.447. The molecule has 0 aliphatic carbocycles. The topological polar surface area (TPSA) is 518 Å². The predicted molar refractivity (Wildman–Crippen MR) is 115 cm³/mol. The minimum absolute atomic E-state index is 0. The maximum absolute atomic E-state index is 9.41. The molecule has 44 heavy (non-hydrogen) atoms. The number of rotatable bonds is 12. The van der Waals surface area contributed by atoms with Crippen molar-refractivity contribution in [2.45, 2.75) is 36.6 Å². The van der Waals surface area contributed by atoms with E-state index in [1.165, 1.54) is 0 Å². The Morgan fingerprint density at radius 1 is 0.341 bits per heavy atom. The number of hydrogen-bond donors (Lipinski definition) is 12. The minimum Gasteiger partial charge on any atom is -0.873 e. The van der Waals surface area contributed by atoms with Crippen LogP contribution in [0.1, 0.15) is 0 Å². The van der Waals surface area contributed by atoms with Crippen LogP contribution >= 0.6 is 0 Å². The van der Waals surface area contributed by atoms with Gasteiger partial charge < -0.3 is 126 Å². The first kappa shape index (κ1) is 60.2. The molecular weight excluding hydrogens is 712 g/mol. The first-order valence-electron chi connectivity index (χ1n) is 10.1. The van der Waals surface area contributed by atoms with E-state index in [1.807, 2.05) is 0 Å². The largest absolute Gasteiger partial charge is 4.00 e. The van der Waals surface area contributed by atoms with Gasteiger partial charge in [-0.05, 0) is 0 Å². The number of carboxylic acids is 6. The minimum atomic E-state index is -1.74. The van der Waals surface area contributed by atoms with E-state index in [-0.39, 0.29) is 26.5 Å².